The number of hydrogen-bond donors (Lipinski definition) is 2. The Hall–Kier alpha value is -3.37. The molecule has 3 aromatic rings. The summed E-state index contributed by atoms with van der Waals surface area (Å²) in [5, 5.41) is 13.7. The van der Waals surface area contributed by atoms with Gasteiger partial charge in [-0.1, -0.05) is 12.2 Å². The Bertz CT molecular complexity index is 1490. The van der Waals surface area contributed by atoms with Gasteiger partial charge in [0.25, 0.3) is 0 Å². The quantitative estimate of drug-likeness (QED) is 0.463. The van der Waals surface area contributed by atoms with Gasteiger partial charge in [0.1, 0.15) is 35.3 Å². The predicted molar refractivity (Wildman–Crippen MR) is 141 cm³/mol. The van der Waals surface area contributed by atoms with Crippen LogP contribution in [0.15, 0.2) is 36.4 Å². The Morgan fingerprint density at radius 3 is 2.69 bits per heavy atom. The van der Waals surface area contributed by atoms with Gasteiger partial charge in [0, 0.05) is 42.7 Å². The molecule has 0 amide bonds. The lowest BCUT2D eigenvalue weighted by Gasteiger charge is -2.34. The summed E-state index contributed by atoms with van der Waals surface area (Å²) in [6.45, 7) is 7.60. The number of rotatable bonds is 5. The lowest BCUT2D eigenvalue weighted by molar-refractivity contribution is 0.108. The first-order chi connectivity index (χ1) is 18.8. The number of aromatic nitrogens is 2. The third kappa shape index (κ3) is 4.12. The number of anilines is 1. The molecule has 0 aliphatic carbocycles. The molecule has 4 aliphatic heterocycles. The highest BCUT2D eigenvalue weighted by atomic mass is 19.1. The molecule has 7 nitrogen and oxygen atoms in total. The Kier molecular flexibility index (Phi) is 5.75. The molecule has 10 heteroatoms. The minimum absolute atomic E-state index is 0.00922. The third-order valence-electron chi connectivity index (χ3n) is 8.78. The van der Waals surface area contributed by atoms with Gasteiger partial charge in [-0.25, -0.2) is 13.2 Å². The fourth-order valence-electron chi connectivity index (χ4n) is 7.03. The van der Waals surface area contributed by atoms with Crippen LogP contribution < -0.4 is 15.0 Å². The van der Waals surface area contributed by atoms with Crippen molar-refractivity contribution in [2.24, 2.45) is 0 Å². The lowest BCUT2D eigenvalue weighted by Crippen LogP contribution is -2.51. The number of halogens is 3. The average Bonchev–Trinajstić information content (AvgIpc) is 3.55. The van der Waals surface area contributed by atoms with E-state index in [-0.39, 0.29) is 45.8 Å². The van der Waals surface area contributed by atoms with Gasteiger partial charge in [-0.05, 0) is 62.9 Å². The first kappa shape index (κ1) is 24.7. The summed E-state index contributed by atoms with van der Waals surface area (Å²) in [5.41, 5.74) is -0.120. The summed E-state index contributed by atoms with van der Waals surface area (Å²) in [7, 11) is 0. The highest BCUT2D eigenvalue weighted by molar-refractivity contribution is 5.94. The average molecular weight is 538 g/mol. The predicted octanol–water partition coefficient (Wildman–Crippen LogP) is 4.53. The standard InChI is InChI=1S/C29H30F3N5O2/c1-16-11-29(7-2-8-37(29)12-16)15-39-28-34-26-21(27(35-28)36-13-17-3-4-18(14-36)33-17)10-23(31)24(25(26)32)20-9-19(38)5-6-22(20)30/h5-6,9-10,17-18,33,38H,1-4,7-8,11-15H2. The van der Waals surface area contributed by atoms with Crippen molar-refractivity contribution in [2.75, 3.05) is 37.7 Å². The van der Waals surface area contributed by atoms with Crippen molar-refractivity contribution in [3.63, 3.8) is 0 Å². The van der Waals surface area contributed by atoms with Gasteiger partial charge >= 0.3 is 6.01 Å². The highest BCUT2D eigenvalue weighted by Gasteiger charge is 2.46. The first-order valence-corrected chi connectivity index (χ1v) is 13.5. The van der Waals surface area contributed by atoms with E-state index in [1.807, 2.05) is 4.90 Å². The van der Waals surface area contributed by atoms with Gasteiger partial charge in [-0.2, -0.15) is 9.97 Å². The van der Waals surface area contributed by atoms with Crippen molar-refractivity contribution in [2.45, 2.75) is 49.7 Å². The maximum atomic E-state index is 16.1. The minimum Gasteiger partial charge on any atom is -0.508 e. The maximum absolute atomic E-state index is 16.1. The molecule has 2 N–H and O–H groups in total. The Labute approximate surface area is 224 Å². The van der Waals surface area contributed by atoms with Crippen LogP contribution in [-0.4, -0.2) is 70.4 Å². The molecule has 4 saturated heterocycles. The zero-order chi connectivity index (χ0) is 26.9. The largest absolute Gasteiger partial charge is 0.508 e. The Morgan fingerprint density at radius 2 is 1.90 bits per heavy atom. The second-order valence-corrected chi connectivity index (χ2v) is 11.4. The first-order valence-electron chi connectivity index (χ1n) is 13.5. The maximum Gasteiger partial charge on any atom is 0.319 e. The molecule has 2 bridgehead atoms. The summed E-state index contributed by atoms with van der Waals surface area (Å²) in [6, 6.07) is 4.83. The van der Waals surface area contributed by atoms with E-state index in [2.05, 4.69) is 21.8 Å². The van der Waals surface area contributed by atoms with Crippen molar-refractivity contribution in [1.82, 2.24) is 20.2 Å². The van der Waals surface area contributed by atoms with E-state index >= 15 is 8.78 Å². The SMILES string of the molecule is C=C1CN2CCCC2(COc2nc(N3CC4CCC(C3)N4)c3cc(F)c(-c4cc(O)ccc4F)c(F)c3n2)C1. The molecule has 0 saturated carbocycles. The summed E-state index contributed by atoms with van der Waals surface area (Å²) < 4.78 is 52.5. The molecule has 3 atom stereocenters. The smallest absolute Gasteiger partial charge is 0.319 e. The molecule has 2 aromatic carbocycles. The number of nitrogens with zero attached hydrogens (tertiary/aromatic N) is 4. The number of ether oxygens (including phenoxy) is 1. The molecule has 1 aromatic heterocycles. The Balaban J connectivity index is 1.34. The van der Waals surface area contributed by atoms with Gasteiger partial charge in [-0.3, -0.25) is 4.90 Å². The third-order valence-corrected chi connectivity index (χ3v) is 8.78. The molecule has 4 fully saturated rings. The molecule has 7 rings (SSSR count). The summed E-state index contributed by atoms with van der Waals surface area (Å²) in [5.74, 6) is -2.71. The van der Waals surface area contributed by atoms with E-state index in [1.165, 1.54) is 6.07 Å². The van der Waals surface area contributed by atoms with E-state index in [0.29, 0.717) is 25.5 Å². The number of phenolic OH excluding ortho intramolecular Hbond substituents is 1. The second-order valence-electron chi connectivity index (χ2n) is 11.4. The number of hydrogen-bond acceptors (Lipinski definition) is 7. The van der Waals surface area contributed by atoms with Crippen LogP contribution in [0.5, 0.6) is 11.8 Å². The monoisotopic (exact) mass is 537 g/mol. The van der Waals surface area contributed by atoms with Crippen molar-refractivity contribution < 1.29 is 23.0 Å². The molecule has 0 radical (unpaired) electrons. The van der Waals surface area contributed by atoms with Crippen molar-refractivity contribution in [3.05, 3.63) is 53.9 Å². The minimum atomic E-state index is -1.02. The van der Waals surface area contributed by atoms with Crippen LogP contribution in [0.3, 0.4) is 0 Å². The van der Waals surface area contributed by atoms with Crippen LogP contribution in [0.2, 0.25) is 0 Å². The normalized spacial score (nSPS) is 26.5. The molecule has 5 heterocycles. The number of fused-ring (bicyclic) bond motifs is 4. The molecular formula is C29H30F3N5O2. The van der Waals surface area contributed by atoms with Crippen molar-refractivity contribution >= 4 is 16.7 Å². The fourth-order valence-corrected chi connectivity index (χ4v) is 7.03. The van der Waals surface area contributed by atoms with E-state index in [9.17, 15) is 9.50 Å². The number of phenols is 1. The zero-order valence-electron chi connectivity index (χ0n) is 21.5. The van der Waals surface area contributed by atoms with Gasteiger partial charge in [-0.15, -0.1) is 0 Å². The van der Waals surface area contributed by atoms with Crippen LogP contribution in [0.4, 0.5) is 19.0 Å². The van der Waals surface area contributed by atoms with E-state index in [1.54, 1.807) is 0 Å². The van der Waals surface area contributed by atoms with E-state index in [0.717, 1.165) is 69.0 Å². The Morgan fingerprint density at radius 1 is 1.10 bits per heavy atom. The highest BCUT2D eigenvalue weighted by Crippen LogP contribution is 2.42. The van der Waals surface area contributed by atoms with Crippen molar-refractivity contribution in [3.8, 4) is 22.9 Å². The fraction of sp³-hybridized carbons (Fsp3) is 0.448. The molecule has 4 aliphatic rings. The molecule has 39 heavy (non-hydrogen) atoms. The van der Waals surface area contributed by atoms with Gasteiger partial charge in [0.05, 0.1) is 11.1 Å². The van der Waals surface area contributed by atoms with Crippen LogP contribution in [0, 0.1) is 17.5 Å². The number of benzene rings is 2. The summed E-state index contributed by atoms with van der Waals surface area (Å²) in [4.78, 5) is 13.5. The van der Waals surface area contributed by atoms with Crippen LogP contribution >= 0.6 is 0 Å². The van der Waals surface area contributed by atoms with E-state index in [4.69, 9.17) is 9.72 Å². The number of piperazine rings is 1. The number of aromatic hydroxyl groups is 1. The molecule has 0 spiro atoms. The zero-order valence-corrected chi connectivity index (χ0v) is 21.5. The molecule has 204 valence electrons. The topological polar surface area (TPSA) is 73.8 Å². The summed E-state index contributed by atoms with van der Waals surface area (Å²) >= 11 is 0. The molecule has 3 unspecified atom stereocenters. The van der Waals surface area contributed by atoms with Crippen LogP contribution in [0.25, 0.3) is 22.0 Å². The molecular weight excluding hydrogens is 507 g/mol. The van der Waals surface area contributed by atoms with Crippen LogP contribution in [0.1, 0.15) is 32.1 Å². The second kappa shape index (κ2) is 9.09. The van der Waals surface area contributed by atoms with Gasteiger partial charge < -0.3 is 20.1 Å². The van der Waals surface area contributed by atoms with Gasteiger partial charge in [0.15, 0.2) is 5.82 Å². The van der Waals surface area contributed by atoms with Crippen LogP contribution in [-0.2, 0) is 0 Å². The van der Waals surface area contributed by atoms with E-state index < -0.39 is 23.0 Å². The summed E-state index contributed by atoms with van der Waals surface area (Å²) in [6.07, 6.45) is 4.92. The van der Waals surface area contributed by atoms with Crippen molar-refractivity contribution in [1.29, 1.82) is 0 Å². The van der Waals surface area contributed by atoms with Gasteiger partial charge in [0.2, 0.25) is 0 Å². The number of nitrogens with one attached hydrogen (secondary N) is 1. The lowest BCUT2D eigenvalue weighted by atomic mass is 9.94.